The highest BCUT2D eigenvalue weighted by Crippen LogP contribution is 2.17. The van der Waals surface area contributed by atoms with Crippen molar-refractivity contribution in [3.05, 3.63) is 0 Å². The van der Waals surface area contributed by atoms with Crippen LogP contribution in [-0.2, 0) is 18.0 Å². The van der Waals surface area contributed by atoms with Crippen molar-refractivity contribution in [2.24, 2.45) is 0 Å². The molecule has 0 radical (unpaired) electrons. The number of hydrogen-bond acceptors (Lipinski definition) is 5. The van der Waals surface area contributed by atoms with Crippen molar-refractivity contribution >= 4 is 17.0 Å². The molecule has 0 aromatic heterocycles. The largest absolute Gasteiger partial charge is 0.500 e. The van der Waals surface area contributed by atoms with E-state index in [1.54, 1.807) is 21.3 Å². The van der Waals surface area contributed by atoms with E-state index in [2.05, 4.69) is 24.2 Å². The van der Waals surface area contributed by atoms with Gasteiger partial charge in [-0.1, -0.05) is 19.6 Å². The highest BCUT2D eigenvalue weighted by molar-refractivity contribution is 6.73. The minimum atomic E-state index is -2.42. The standard InChI is InChI=1S/C13H33NO4Si2/c1-8-18-12-11-14(19(5,6)7)10-9-13-20(15-2,16-3)17-4/h8-13H2,1-7H3. The molecule has 0 amide bonds. The Morgan fingerprint density at radius 2 is 1.45 bits per heavy atom. The lowest BCUT2D eigenvalue weighted by molar-refractivity contribution is 0.120. The summed E-state index contributed by atoms with van der Waals surface area (Å²) in [5.74, 6) is 0. The molecule has 0 rings (SSSR count). The maximum Gasteiger partial charge on any atom is 0.500 e. The summed E-state index contributed by atoms with van der Waals surface area (Å²) in [5.41, 5.74) is 0. The summed E-state index contributed by atoms with van der Waals surface area (Å²) in [6, 6.07) is 0.853. The third-order valence-corrected chi connectivity index (χ3v) is 8.68. The van der Waals surface area contributed by atoms with Crippen LogP contribution in [0, 0.1) is 0 Å². The molecule has 0 fully saturated rings. The first kappa shape index (κ1) is 20.2. The van der Waals surface area contributed by atoms with Crippen molar-refractivity contribution in [1.29, 1.82) is 0 Å². The Balaban J connectivity index is 4.32. The van der Waals surface area contributed by atoms with Gasteiger partial charge >= 0.3 is 8.80 Å². The van der Waals surface area contributed by atoms with Gasteiger partial charge in [-0.15, -0.1) is 0 Å². The monoisotopic (exact) mass is 323 g/mol. The fourth-order valence-electron chi connectivity index (χ4n) is 2.14. The minimum absolute atomic E-state index is 0.784. The lowest BCUT2D eigenvalue weighted by Gasteiger charge is -2.34. The summed E-state index contributed by atoms with van der Waals surface area (Å²) in [6.07, 6.45) is 1.03. The SMILES string of the molecule is CCOCCN(CCC[Si](OC)(OC)OC)[Si](C)(C)C. The first-order valence-electron chi connectivity index (χ1n) is 7.33. The molecule has 0 aliphatic rings. The van der Waals surface area contributed by atoms with Gasteiger partial charge < -0.3 is 22.6 Å². The number of rotatable bonds is 12. The van der Waals surface area contributed by atoms with Gasteiger partial charge in [0.1, 0.15) is 8.24 Å². The van der Waals surface area contributed by atoms with E-state index >= 15 is 0 Å². The molecular weight excluding hydrogens is 290 g/mol. The van der Waals surface area contributed by atoms with Crippen LogP contribution >= 0.6 is 0 Å². The van der Waals surface area contributed by atoms with Crippen molar-refractivity contribution in [1.82, 2.24) is 4.57 Å². The van der Waals surface area contributed by atoms with E-state index in [1.807, 2.05) is 6.92 Å². The first-order valence-corrected chi connectivity index (χ1v) is 12.7. The summed E-state index contributed by atoms with van der Waals surface area (Å²) in [5, 5.41) is 0. The van der Waals surface area contributed by atoms with Crippen LogP contribution in [0.1, 0.15) is 13.3 Å². The van der Waals surface area contributed by atoms with Crippen LogP contribution in [0.2, 0.25) is 25.7 Å². The minimum Gasteiger partial charge on any atom is -0.380 e. The lowest BCUT2D eigenvalue weighted by atomic mass is 10.5. The molecule has 0 heterocycles. The Hall–Kier alpha value is 0.234. The van der Waals surface area contributed by atoms with Crippen LogP contribution in [0.3, 0.4) is 0 Å². The molecule has 0 N–H and O–H groups in total. The molecule has 0 aromatic carbocycles. The second-order valence-electron chi connectivity index (χ2n) is 5.75. The van der Waals surface area contributed by atoms with Gasteiger partial charge in [-0.25, -0.2) is 0 Å². The van der Waals surface area contributed by atoms with Crippen LogP contribution in [0.5, 0.6) is 0 Å². The summed E-state index contributed by atoms with van der Waals surface area (Å²) >= 11 is 0. The molecule has 0 spiro atoms. The zero-order chi connectivity index (χ0) is 15.6. The van der Waals surface area contributed by atoms with E-state index < -0.39 is 17.0 Å². The molecule has 20 heavy (non-hydrogen) atoms. The second-order valence-corrected chi connectivity index (χ2v) is 13.8. The van der Waals surface area contributed by atoms with Crippen molar-refractivity contribution in [3.63, 3.8) is 0 Å². The van der Waals surface area contributed by atoms with Gasteiger partial charge in [0, 0.05) is 40.5 Å². The van der Waals surface area contributed by atoms with Crippen molar-refractivity contribution in [2.45, 2.75) is 39.0 Å². The van der Waals surface area contributed by atoms with E-state index in [-0.39, 0.29) is 0 Å². The Bertz CT molecular complexity index is 237. The summed E-state index contributed by atoms with van der Waals surface area (Å²) in [4.78, 5) is 0. The highest BCUT2D eigenvalue weighted by atomic mass is 28.4. The average Bonchev–Trinajstić information content (AvgIpc) is 2.41. The van der Waals surface area contributed by atoms with Gasteiger partial charge in [0.15, 0.2) is 0 Å². The Kier molecular flexibility index (Phi) is 10.2. The molecule has 0 saturated heterocycles. The number of nitrogens with zero attached hydrogens (tertiary/aromatic N) is 1. The van der Waals surface area contributed by atoms with Crippen LogP contribution in [0.4, 0.5) is 0 Å². The zero-order valence-corrected chi connectivity index (χ0v) is 16.3. The topological polar surface area (TPSA) is 40.2 Å². The predicted octanol–water partition coefficient (Wildman–Crippen LogP) is 2.43. The van der Waals surface area contributed by atoms with Crippen LogP contribution in [0.15, 0.2) is 0 Å². The van der Waals surface area contributed by atoms with Crippen LogP contribution in [0.25, 0.3) is 0 Å². The van der Waals surface area contributed by atoms with Crippen molar-refractivity contribution < 1.29 is 18.0 Å². The Morgan fingerprint density at radius 1 is 0.900 bits per heavy atom. The van der Waals surface area contributed by atoms with E-state index in [4.69, 9.17) is 18.0 Å². The van der Waals surface area contributed by atoms with E-state index in [9.17, 15) is 0 Å². The van der Waals surface area contributed by atoms with Gasteiger partial charge in [0.2, 0.25) is 0 Å². The molecule has 0 aliphatic heterocycles. The fourth-order valence-corrected chi connectivity index (χ4v) is 5.44. The average molecular weight is 324 g/mol. The third kappa shape index (κ3) is 7.30. The highest BCUT2D eigenvalue weighted by Gasteiger charge is 2.37. The van der Waals surface area contributed by atoms with E-state index in [0.717, 1.165) is 38.8 Å². The summed E-state index contributed by atoms with van der Waals surface area (Å²) in [7, 11) is 1.27. The maximum atomic E-state index is 5.49. The predicted molar refractivity (Wildman–Crippen MR) is 87.6 cm³/mol. The lowest BCUT2D eigenvalue weighted by Crippen LogP contribution is -2.49. The normalized spacial score (nSPS) is 13.2. The second kappa shape index (κ2) is 10.0. The summed E-state index contributed by atoms with van der Waals surface area (Å²) in [6.45, 7) is 12.8. The molecule has 0 atom stereocenters. The quantitative estimate of drug-likeness (QED) is 0.407. The smallest absolute Gasteiger partial charge is 0.380 e. The van der Waals surface area contributed by atoms with Gasteiger partial charge in [-0.2, -0.15) is 0 Å². The first-order chi connectivity index (χ1) is 9.35. The molecule has 7 heteroatoms. The molecular formula is C13H33NO4Si2. The number of hydrogen-bond donors (Lipinski definition) is 0. The van der Waals surface area contributed by atoms with E-state index in [0.29, 0.717) is 0 Å². The molecule has 0 saturated carbocycles. The third-order valence-electron chi connectivity index (χ3n) is 3.50. The maximum absolute atomic E-state index is 5.49. The molecule has 5 nitrogen and oxygen atoms in total. The summed E-state index contributed by atoms with van der Waals surface area (Å²) < 4.78 is 24.5. The van der Waals surface area contributed by atoms with E-state index in [1.165, 1.54) is 0 Å². The molecule has 0 bridgehead atoms. The van der Waals surface area contributed by atoms with Crippen molar-refractivity contribution in [3.8, 4) is 0 Å². The molecule has 0 unspecified atom stereocenters. The van der Waals surface area contributed by atoms with Gasteiger partial charge in [0.05, 0.1) is 6.61 Å². The fraction of sp³-hybridized carbons (Fsp3) is 1.00. The molecule has 0 aromatic rings. The molecule has 122 valence electrons. The van der Waals surface area contributed by atoms with Gasteiger partial charge in [-0.05, 0) is 19.9 Å². The van der Waals surface area contributed by atoms with Crippen LogP contribution < -0.4 is 0 Å². The zero-order valence-electron chi connectivity index (χ0n) is 14.3. The molecule has 0 aliphatic carbocycles. The van der Waals surface area contributed by atoms with Gasteiger partial charge in [0.25, 0.3) is 0 Å². The number of ether oxygens (including phenoxy) is 1. The van der Waals surface area contributed by atoms with Crippen LogP contribution in [-0.4, -0.2) is 69.2 Å². The Labute approximate surface area is 127 Å². The van der Waals surface area contributed by atoms with Crippen molar-refractivity contribution in [2.75, 3.05) is 47.6 Å². The Morgan fingerprint density at radius 3 is 1.85 bits per heavy atom. The van der Waals surface area contributed by atoms with Gasteiger partial charge in [-0.3, -0.25) is 0 Å².